The molecule has 12 heteroatoms. The van der Waals surface area contributed by atoms with E-state index >= 15 is 0 Å². The molecular formula is C30H27F2N5O4S. The minimum absolute atomic E-state index is 0.0493. The van der Waals surface area contributed by atoms with Crippen molar-refractivity contribution in [3.8, 4) is 11.5 Å². The quantitative estimate of drug-likeness (QED) is 0.179. The summed E-state index contributed by atoms with van der Waals surface area (Å²) in [5, 5.41) is 17.3. The Hall–Kier alpha value is -4.52. The molecule has 0 radical (unpaired) electrons. The van der Waals surface area contributed by atoms with Crippen LogP contribution >= 0.6 is 0 Å². The van der Waals surface area contributed by atoms with Crippen LogP contribution in [0, 0.1) is 11.6 Å². The molecule has 216 valence electrons. The van der Waals surface area contributed by atoms with E-state index in [1.54, 1.807) is 42.7 Å². The number of anilines is 1. The zero-order valence-electron chi connectivity index (χ0n) is 22.2. The zero-order chi connectivity index (χ0) is 29.5. The lowest BCUT2D eigenvalue weighted by Gasteiger charge is -2.12. The van der Waals surface area contributed by atoms with Gasteiger partial charge in [0.15, 0.2) is 17.5 Å². The highest BCUT2D eigenvalue weighted by Crippen LogP contribution is 2.23. The molecule has 0 saturated carbocycles. The first-order valence-electron chi connectivity index (χ1n) is 13.0. The van der Waals surface area contributed by atoms with Gasteiger partial charge in [-0.05, 0) is 78.7 Å². The molecule has 0 bridgehead atoms. The molecular weight excluding hydrogens is 564 g/mol. The lowest BCUT2D eigenvalue weighted by Crippen LogP contribution is -2.23. The van der Waals surface area contributed by atoms with E-state index in [1.165, 1.54) is 18.2 Å². The first kappa shape index (κ1) is 29.0. The molecule has 0 aliphatic heterocycles. The molecule has 2 heterocycles. The van der Waals surface area contributed by atoms with Crippen molar-refractivity contribution in [1.82, 2.24) is 20.4 Å². The van der Waals surface area contributed by atoms with E-state index in [0.717, 1.165) is 23.3 Å². The second-order valence-electron chi connectivity index (χ2n) is 9.52. The van der Waals surface area contributed by atoms with Gasteiger partial charge in [-0.2, -0.15) is 4.98 Å². The van der Waals surface area contributed by atoms with Crippen molar-refractivity contribution in [3.63, 3.8) is 0 Å². The van der Waals surface area contributed by atoms with Crippen LogP contribution < -0.4 is 10.0 Å². The van der Waals surface area contributed by atoms with Gasteiger partial charge in [0.2, 0.25) is 0 Å². The van der Waals surface area contributed by atoms with Gasteiger partial charge in [0.05, 0.1) is 11.0 Å². The molecule has 0 fully saturated rings. The first-order valence-corrected chi connectivity index (χ1v) is 14.5. The molecule has 42 heavy (non-hydrogen) atoms. The first-order chi connectivity index (χ1) is 20.3. The van der Waals surface area contributed by atoms with Gasteiger partial charge in [-0.3, -0.25) is 9.71 Å². The second-order valence-corrected chi connectivity index (χ2v) is 11.2. The van der Waals surface area contributed by atoms with Crippen molar-refractivity contribution in [1.29, 1.82) is 0 Å². The van der Waals surface area contributed by atoms with Gasteiger partial charge >= 0.3 is 0 Å². The van der Waals surface area contributed by atoms with Crippen molar-refractivity contribution >= 4 is 15.7 Å². The number of pyridine rings is 1. The Bertz CT molecular complexity index is 1730. The number of aliphatic hydroxyl groups excluding tert-OH is 1. The fraction of sp³-hybridized carbons (Fsp3) is 0.167. The Morgan fingerprint density at radius 3 is 2.40 bits per heavy atom. The Kier molecular flexibility index (Phi) is 8.96. The monoisotopic (exact) mass is 591 g/mol. The van der Waals surface area contributed by atoms with Gasteiger partial charge in [0, 0.05) is 42.2 Å². The van der Waals surface area contributed by atoms with E-state index in [1.807, 2.05) is 18.2 Å². The summed E-state index contributed by atoms with van der Waals surface area (Å²) >= 11 is 0. The molecule has 0 aliphatic carbocycles. The van der Waals surface area contributed by atoms with Crippen LogP contribution in [0.5, 0.6) is 0 Å². The van der Waals surface area contributed by atoms with Crippen molar-refractivity contribution in [2.24, 2.45) is 0 Å². The number of halogens is 2. The average molecular weight is 592 g/mol. The molecule has 5 rings (SSSR count). The van der Waals surface area contributed by atoms with Gasteiger partial charge in [0.25, 0.3) is 15.9 Å². The summed E-state index contributed by atoms with van der Waals surface area (Å²) < 4.78 is 60.3. The molecule has 0 aliphatic rings. The van der Waals surface area contributed by atoms with Crippen molar-refractivity contribution in [3.05, 3.63) is 125 Å². The number of hydrogen-bond acceptors (Lipinski definition) is 8. The van der Waals surface area contributed by atoms with Crippen molar-refractivity contribution in [2.45, 2.75) is 23.8 Å². The number of hydrogen-bond donors (Lipinski definition) is 3. The van der Waals surface area contributed by atoms with Crippen LogP contribution in [0.25, 0.3) is 11.5 Å². The maximum Gasteiger partial charge on any atom is 0.261 e. The predicted molar refractivity (Wildman–Crippen MR) is 152 cm³/mol. The number of rotatable bonds is 12. The van der Waals surface area contributed by atoms with Gasteiger partial charge < -0.3 is 14.9 Å². The molecule has 3 aromatic carbocycles. The molecule has 5 aromatic rings. The average Bonchev–Trinajstić information content (AvgIpc) is 3.47. The molecule has 9 nitrogen and oxygen atoms in total. The fourth-order valence-corrected chi connectivity index (χ4v) is 5.23. The van der Waals surface area contributed by atoms with Crippen LogP contribution in [0.2, 0.25) is 0 Å². The maximum atomic E-state index is 13.5. The molecule has 0 amide bonds. The minimum atomic E-state index is -3.85. The third-order valence-corrected chi connectivity index (χ3v) is 7.83. The van der Waals surface area contributed by atoms with E-state index in [4.69, 9.17) is 4.52 Å². The lowest BCUT2D eigenvalue weighted by molar-refractivity contribution is 0.174. The predicted octanol–water partition coefficient (Wildman–Crippen LogP) is 4.67. The Balaban J connectivity index is 1.13. The minimum Gasteiger partial charge on any atom is -0.387 e. The van der Waals surface area contributed by atoms with Crippen LogP contribution in [0.1, 0.15) is 28.6 Å². The number of nitrogens with one attached hydrogen (secondary N) is 2. The Morgan fingerprint density at radius 2 is 1.69 bits per heavy atom. The number of nitrogens with zero attached hydrogens (tertiary/aromatic N) is 3. The molecule has 3 N–H and O–H groups in total. The van der Waals surface area contributed by atoms with E-state index in [2.05, 4.69) is 25.2 Å². The Labute approximate surface area is 241 Å². The third-order valence-electron chi connectivity index (χ3n) is 6.43. The van der Waals surface area contributed by atoms with Crippen molar-refractivity contribution < 1.29 is 26.8 Å². The Morgan fingerprint density at radius 1 is 0.929 bits per heavy atom. The summed E-state index contributed by atoms with van der Waals surface area (Å²) in [5.74, 6) is -1.45. The van der Waals surface area contributed by atoms with Crippen LogP contribution in [0.4, 0.5) is 14.5 Å². The molecule has 0 spiro atoms. The van der Waals surface area contributed by atoms with Gasteiger partial charge in [-0.1, -0.05) is 29.4 Å². The van der Waals surface area contributed by atoms with Crippen LogP contribution in [0.15, 0.2) is 101 Å². The highest BCUT2D eigenvalue weighted by atomic mass is 32.2. The van der Waals surface area contributed by atoms with E-state index in [-0.39, 0.29) is 23.0 Å². The third kappa shape index (κ3) is 7.40. The zero-order valence-corrected chi connectivity index (χ0v) is 23.1. The topological polar surface area (TPSA) is 130 Å². The van der Waals surface area contributed by atoms with E-state index < -0.39 is 27.8 Å². The van der Waals surface area contributed by atoms with Gasteiger partial charge in [-0.25, -0.2) is 17.2 Å². The highest BCUT2D eigenvalue weighted by Gasteiger charge is 2.16. The van der Waals surface area contributed by atoms with E-state index in [9.17, 15) is 22.3 Å². The summed E-state index contributed by atoms with van der Waals surface area (Å²) in [6.07, 6.45) is 3.48. The summed E-state index contributed by atoms with van der Waals surface area (Å²) in [4.78, 5) is 8.32. The molecule has 0 saturated heterocycles. The van der Waals surface area contributed by atoms with Crippen LogP contribution in [-0.2, 0) is 22.9 Å². The highest BCUT2D eigenvalue weighted by molar-refractivity contribution is 7.92. The summed E-state index contributed by atoms with van der Waals surface area (Å²) in [6.45, 7) is 1.04. The standard InChI is InChI=1S/C30H27F2N5O4S/c31-26-12-5-21(16-27(26)32)17-29-35-30(41-36-29)22-6-10-25(11-7-22)42(39,40)37-24-8-3-20(4-9-24)13-15-34-19-28(38)23-2-1-14-33-18-23/h1-12,14,16,18,28,34,37-38H,13,15,17,19H2. The maximum absolute atomic E-state index is 13.5. The largest absolute Gasteiger partial charge is 0.387 e. The number of benzene rings is 3. The SMILES string of the molecule is O=S(=O)(Nc1ccc(CCNCC(O)c2cccnc2)cc1)c1ccc(-c2nc(Cc3ccc(F)c(F)c3)no2)cc1. The lowest BCUT2D eigenvalue weighted by atomic mass is 10.1. The van der Waals surface area contributed by atoms with Crippen LogP contribution in [0.3, 0.4) is 0 Å². The molecule has 2 aromatic heterocycles. The summed E-state index contributed by atoms with van der Waals surface area (Å²) in [6, 6.07) is 20.2. The number of aromatic nitrogens is 3. The van der Waals surface area contributed by atoms with Crippen LogP contribution in [-0.4, -0.2) is 41.7 Å². The van der Waals surface area contributed by atoms with E-state index in [0.29, 0.717) is 36.3 Å². The van der Waals surface area contributed by atoms with Crippen molar-refractivity contribution in [2.75, 3.05) is 17.8 Å². The fourth-order valence-electron chi connectivity index (χ4n) is 4.17. The number of aliphatic hydroxyl groups is 1. The van der Waals surface area contributed by atoms with Gasteiger partial charge in [-0.15, -0.1) is 0 Å². The normalized spacial score (nSPS) is 12.3. The summed E-state index contributed by atoms with van der Waals surface area (Å²) in [5.41, 5.74) is 3.16. The smallest absolute Gasteiger partial charge is 0.261 e. The molecule has 1 unspecified atom stereocenters. The molecule has 1 atom stereocenters. The second kappa shape index (κ2) is 13.0. The number of sulfonamides is 1. The summed E-state index contributed by atoms with van der Waals surface area (Å²) in [7, 11) is -3.85. The van der Waals surface area contributed by atoms with Gasteiger partial charge in [0.1, 0.15) is 0 Å².